The number of hydrogen-bond acceptors (Lipinski definition) is 5. The van der Waals surface area contributed by atoms with Gasteiger partial charge in [0.15, 0.2) is 5.82 Å². The SMILES string of the molecule is Cc1cc(NC(=O)N2CC(S(=O)(=O)Nc3ccccc3)C2)no1. The van der Waals surface area contributed by atoms with E-state index in [1.807, 2.05) is 0 Å². The number of nitrogens with zero attached hydrogens (tertiary/aromatic N) is 2. The summed E-state index contributed by atoms with van der Waals surface area (Å²) in [5.74, 6) is 0.887. The Morgan fingerprint density at radius 1 is 1.30 bits per heavy atom. The number of likely N-dealkylation sites (tertiary alicyclic amines) is 1. The lowest BCUT2D eigenvalue weighted by atomic mass is 10.2. The van der Waals surface area contributed by atoms with Crippen LogP contribution < -0.4 is 10.0 Å². The van der Waals surface area contributed by atoms with Crippen LogP contribution in [-0.2, 0) is 10.0 Å². The van der Waals surface area contributed by atoms with Crippen LogP contribution in [0.5, 0.6) is 0 Å². The molecule has 122 valence electrons. The van der Waals surface area contributed by atoms with E-state index < -0.39 is 21.3 Å². The van der Waals surface area contributed by atoms with E-state index in [0.29, 0.717) is 17.3 Å². The van der Waals surface area contributed by atoms with Crippen molar-refractivity contribution in [1.29, 1.82) is 0 Å². The molecule has 8 nitrogen and oxygen atoms in total. The van der Waals surface area contributed by atoms with Crippen LogP contribution in [0.25, 0.3) is 0 Å². The van der Waals surface area contributed by atoms with Gasteiger partial charge >= 0.3 is 6.03 Å². The Bertz CT molecular complexity index is 797. The highest BCUT2D eigenvalue weighted by Crippen LogP contribution is 2.20. The molecule has 0 unspecified atom stereocenters. The zero-order chi connectivity index (χ0) is 16.4. The summed E-state index contributed by atoms with van der Waals surface area (Å²) in [4.78, 5) is 13.4. The quantitative estimate of drug-likeness (QED) is 0.883. The smallest absolute Gasteiger partial charge is 0.323 e. The van der Waals surface area contributed by atoms with Crippen molar-refractivity contribution < 1.29 is 17.7 Å². The maximum absolute atomic E-state index is 12.2. The topological polar surface area (TPSA) is 105 Å². The molecule has 1 aliphatic heterocycles. The summed E-state index contributed by atoms with van der Waals surface area (Å²) in [5.41, 5.74) is 0.508. The van der Waals surface area contributed by atoms with Crippen LogP contribution in [0.3, 0.4) is 0 Å². The number of anilines is 2. The Balaban J connectivity index is 1.54. The molecule has 1 aromatic carbocycles. The maximum Gasteiger partial charge on any atom is 0.323 e. The number of benzene rings is 1. The number of urea groups is 1. The molecule has 0 saturated carbocycles. The zero-order valence-electron chi connectivity index (χ0n) is 12.4. The fourth-order valence-corrected chi connectivity index (χ4v) is 3.55. The van der Waals surface area contributed by atoms with E-state index in [9.17, 15) is 13.2 Å². The largest absolute Gasteiger partial charge is 0.360 e. The van der Waals surface area contributed by atoms with Crippen LogP contribution >= 0.6 is 0 Å². The van der Waals surface area contributed by atoms with Crippen molar-refractivity contribution in [2.45, 2.75) is 12.2 Å². The van der Waals surface area contributed by atoms with E-state index in [4.69, 9.17) is 4.52 Å². The first-order valence-electron chi connectivity index (χ1n) is 7.00. The van der Waals surface area contributed by atoms with E-state index in [1.54, 1.807) is 43.3 Å². The first-order chi connectivity index (χ1) is 10.9. The summed E-state index contributed by atoms with van der Waals surface area (Å²) in [7, 11) is -3.52. The number of sulfonamides is 1. The van der Waals surface area contributed by atoms with Crippen LogP contribution in [0, 0.1) is 6.92 Å². The lowest BCUT2D eigenvalue weighted by Gasteiger charge is -2.38. The second-order valence-corrected chi connectivity index (χ2v) is 7.25. The van der Waals surface area contributed by atoms with Crippen LogP contribution in [-0.4, -0.2) is 42.8 Å². The molecule has 1 aromatic heterocycles. The van der Waals surface area contributed by atoms with Gasteiger partial charge in [0.1, 0.15) is 11.0 Å². The van der Waals surface area contributed by atoms with Crippen molar-refractivity contribution in [3.05, 3.63) is 42.2 Å². The van der Waals surface area contributed by atoms with Gasteiger partial charge in [0.25, 0.3) is 0 Å². The number of aromatic nitrogens is 1. The normalized spacial score (nSPS) is 15.1. The summed E-state index contributed by atoms with van der Waals surface area (Å²) < 4.78 is 31.8. The van der Waals surface area contributed by atoms with Gasteiger partial charge in [0, 0.05) is 24.8 Å². The highest BCUT2D eigenvalue weighted by atomic mass is 32.2. The van der Waals surface area contributed by atoms with Gasteiger partial charge in [0.2, 0.25) is 10.0 Å². The second-order valence-electron chi connectivity index (χ2n) is 5.29. The molecule has 1 saturated heterocycles. The third-order valence-corrected chi connectivity index (χ3v) is 5.17. The molecule has 0 aliphatic carbocycles. The summed E-state index contributed by atoms with van der Waals surface area (Å²) in [6.45, 7) is 1.97. The van der Waals surface area contributed by atoms with Crippen LogP contribution in [0.2, 0.25) is 0 Å². The van der Waals surface area contributed by atoms with Crippen LogP contribution in [0.1, 0.15) is 5.76 Å². The van der Waals surface area contributed by atoms with Gasteiger partial charge in [-0.1, -0.05) is 23.4 Å². The van der Waals surface area contributed by atoms with Crippen LogP contribution in [0.4, 0.5) is 16.3 Å². The molecular formula is C14H16N4O4S. The van der Waals surface area contributed by atoms with E-state index >= 15 is 0 Å². The first-order valence-corrected chi connectivity index (χ1v) is 8.54. The number of carbonyl (C=O) groups excluding carboxylic acids is 1. The number of amides is 2. The number of carbonyl (C=O) groups is 1. The molecule has 2 heterocycles. The lowest BCUT2D eigenvalue weighted by Crippen LogP contribution is -2.59. The number of aryl methyl sites for hydroxylation is 1. The molecule has 0 spiro atoms. The highest BCUT2D eigenvalue weighted by molar-refractivity contribution is 7.93. The Labute approximate surface area is 133 Å². The van der Waals surface area contributed by atoms with Crippen molar-refractivity contribution in [1.82, 2.24) is 10.1 Å². The van der Waals surface area contributed by atoms with E-state index in [0.717, 1.165) is 0 Å². The highest BCUT2D eigenvalue weighted by Gasteiger charge is 2.40. The molecule has 9 heteroatoms. The number of rotatable bonds is 4. The van der Waals surface area contributed by atoms with Gasteiger partial charge in [-0.3, -0.25) is 10.0 Å². The van der Waals surface area contributed by atoms with Crippen molar-refractivity contribution in [3.8, 4) is 0 Å². The van der Waals surface area contributed by atoms with Crippen molar-refractivity contribution >= 4 is 27.6 Å². The molecule has 1 fully saturated rings. The molecule has 0 bridgehead atoms. The Morgan fingerprint density at radius 2 is 2.00 bits per heavy atom. The minimum atomic E-state index is -3.52. The van der Waals surface area contributed by atoms with E-state index in [1.165, 1.54) is 4.90 Å². The van der Waals surface area contributed by atoms with Gasteiger partial charge in [-0.25, -0.2) is 13.2 Å². The summed E-state index contributed by atoms with van der Waals surface area (Å²) >= 11 is 0. The van der Waals surface area contributed by atoms with Gasteiger partial charge in [-0.05, 0) is 19.1 Å². The molecule has 23 heavy (non-hydrogen) atoms. The van der Waals surface area contributed by atoms with E-state index in [-0.39, 0.29) is 13.1 Å². The number of para-hydroxylation sites is 1. The van der Waals surface area contributed by atoms with Gasteiger partial charge in [0.05, 0.1) is 0 Å². The maximum atomic E-state index is 12.2. The molecule has 2 amide bonds. The second kappa shape index (κ2) is 5.92. The third kappa shape index (κ3) is 3.45. The van der Waals surface area contributed by atoms with Gasteiger partial charge in [-0.15, -0.1) is 0 Å². The van der Waals surface area contributed by atoms with Crippen molar-refractivity contribution in [2.24, 2.45) is 0 Å². The summed E-state index contributed by atoms with van der Waals surface area (Å²) in [5, 5.41) is 5.58. The molecular weight excluding hydrogens is 320 g/mol. The molecule has 0 radical (unpaired) electrons. The Morgan fingerprint density at radius 3 is 2.61 bits per heavy atom. The Kier molecular flexibility index (Phi) is 3.95. The van der Waals surface area contributed by atoms with Crippen molar-refractivity contribution in [3.63, 3.8) is 0 Å². The minimum absolute atomic E-state index is 0.130. The van der Waals surface area contributed by atoms with Gasteiger partial charge < -0.3 is 9.42 Å². The molecule has 2 aromatic rings. The summed E-state index contributed by atoms with van der Waals surface area (Å²) in [6, 6.07) is 9.84. The number of hydrogen-bond donors (Lipinski definition) is 2. The predicted octanol–water partition coefficient (Wildman–Crippen LogP) is 1.64. The fourth-order valence-electron chi connectivity index (χ4n) is 2.17. The molecule has 3 rings (SSSR count). The molecule has 1 aliphatic rings. The lowest BCUT2D eigenvalue weighted by molar-refractivity contribution is 0.182. The van der Waals surface area contributed by atoms with Gasteiger partial charge in [-0.2, -0.15) is 0 Å². The summed E-state index contributed by atoms with van der Waals surface area (Å²) in [6.07, 6.45) is 0. The molecule has 2 N–H and O–H groups in total. The van der Waals surface area contributed by atoms with E-state index in [2.05, 4.69) is 15.2 Å². The average Bonchev–Trinajstić information content (AvgIpc) is 2.82. The van der Waals surface area contributed by atoms with Crippen LogP contribution in [0.15, 0.2) is 40.9 Å². The minimum Gasteiger partial charge on any atom is -0.360 e. The fraction of sp³-hybridized carbons (Fsp3) is 0.286. The number of nitrogens with one attached hydrogen (secondary N) is 2. The molecule has 0 atom stereocenters. The third-order valence-electron chi connectivity index (χ3n) is 3.47. The Hall–Kier alpha value is -2.55. The predicted molar refractivity (Wildman–Crippen MR) is 84.6 cm³/mol. The van der Waals surface area contributed by atoms with Crippen molar-refractivity contribution in [2.75, 3.05) is 23.1 Å². The standard InChI is InChI=1S/C14H16N4O4S/c1-10-7-13(16-22-10)15-14(19)18-8-12(9-18)23(20,21)17-11-5-3-2-4-6-11/h2-7,12,17H,8-9H2,1H3,(H,15,16,19). The average molecular weight is 336 g/mol. The first kappa shape index (κ1) is 15.3. The monoisotopic (exact) mass is 336 g/mol. The zero-order valence-corrected chi connectivity index (χ0v) is 13.2.